The molecule has 2 atom stereocenters. The Morgan fingerprint density at radius 2 is 2.00 bits per heavy atom. The highest BCUT2D eigenvalue weighted by atomic mass is 35.5. The second kappa shape index (κ2) is 9.47. The Hall–Kier alpha value is -2.01. The van der Waals surface area contributed by atoms with E-state index < -0.39 is 6.10 Å². The van der Waals surface area contributed by atoms with E-state index in [2.05, 4.69) is 11.9 Å². The molecule has 2 aromatic carbocycles. The summed E-state index contributed by atoms with van der Waals surface area (Å²) in [6.45, 7) is 6.66. The number of halogens is 1. The first-order valence-corrected chi connectivity index (χ1v) is 8.61. The predicted octanol–water partition coefficient (Wildman–Crippen LogP) is 3.10. The van der Waals surface area contributed by atoms with Crippen LogP contribution in [0, 0.1) is 0 Å². The first-order valence-electron chi connectivity index (χ1n) is 8.23. The number of nitrogens with two attached hydrogens (primary N) is 1. The molecule has 25 heavy (non-hydrogen) atoms. The second-order valence-corrected chi connectivity index (χ2v) is 6.27. The SMILES string of the molecule is C=CCOc1c(Cl)cc(C[NH2+][C@H](C)[C@H](O)c2ccccc2)cc1OC. The summed E-state index contributed by atoms with van der Waals surface area (Å²) in [5.74, 6) is 1.11. The Bertz CT molecular complexity index is 691. The van der Waals surface area contributed by atoms with Gasteiger partial charge >= 0.3 is 0 Å². The van der Waals surface area contributed by atoms with Gasteiger partial charge in [-0.2, -0.15) is 0 Å². The minimum absolute atomic E-state index is 0.00358. The number of hydrogen-bond acceptors (Lipinski definition) is 3. The van der Waals surface area contributed by atoms with Crippen LogP contribution in [0.5, 0.6) is 11.5 Å². The summed E-state index contributed by atoms with van der Waals surface area (Å²) in [7, 11) is 1.59. The third kappa shape index (κ3) is 5.23. The molecular weight excluding hydrogens is 338 g/mol. The van der Waals surface area contributed by atoms with Gasteiger partial charge in [-0.25, -0.2) is 0 Å². The van der Waals surface area contributed by atoms with E-state index in [-0.39, 0.29) is 6.04 Å². The second-order valence-electron chi connectivity index (χ2n) is 5.86. The van der Waals surface area contributed by atoms with Gasteiger partial charge in [-0.3, -0.25) is 0 Å². The Balaban J connectivity index is 2.05. The molecule has 0 spiro atoms. The topological polar surface area (TPSA) is 55.3 Å². The van der Waals surface area contributed by atoms with Gasteiger partial charge in [-0.05, 0) is 24.6 Å². The molecule has 134 valence electrons. The number of aliphatic hydroxyl groups is 1. The zero-order chi connectivity index (χ0) is 18.2. The molecule has 0 saturated carbocycles. The molecule has 2 rings (SSSR count). The molecule has 3 N–H and O–H groups in total. The summed E-state index contributed by atoms with van der Waals surface area (Å²) in [6, 6.07) is 13.4. The highest BCUT2D eigenvalue weighted by Crippen LogP contribution is 2.36. The molecule has 0 aromatic heterocycles. The Labute approximate surface area is 154 Å². The monoisotopic (exact) mass is 362 g/mol. The highest BCUT2D eigenvalue weighted by Gasteiger charge is 2.20. The number of ether oxygens (including phenoxy) is 2. The zero-order valence-corrected chi connectivity index (χ0v) is 15.4. The van der Waals surface area contributed by atoms with Crippen molar-refractivity contribution < 1.29 is 19.9 Å². The van der Waals surface area contributed by atoms with Crippen molar-refractivity contribution >= 4 is 11.6 Å². The minimum Gasteiger partial charge on any atom is -0.493 e. The third-order valence-corrected chi connectivity index (χ3v) is 4.28. The zero-order valence-electron chi connectivity index (χ0n) is 14.6. The van der Waals surface area contributed by atoms with Crippen LogP contribution in [0.25, 0.3) is 0 Å². The maximum Gasteiger partial charge on any atom is 0.180 e. The van der Waals surface area contributed by atoms with Crippen LogP contribution in [0.15, 0.2) is 55.1 Å². The summed E-state index contributed by atoms with van der Waals surface area (Å²) in [6.07, 6.45) is 1.12. The van der Waals surface area contributed by atoms with Gasteiger partial charge in [-0.1, -0.05) is 54.6 Å². The van der Waals surface area contributed by atoms with E-state index in [1.165, 1.54) is 0 Å². The number of rotatable bonds is 9. The van der Waals surface area contributed by atoms with Crippen molar-refractivity contribution in [2.45, 2.75) is 25.6 Å². The maximum atomic E-state index is 10.5. The van der Waals surface area contributed by atoms with Crippen LogP contribution in [0.3, 0.4) is 0 Å². The first kappa shape index (κ1) is 19.3. The van der Waals surface area contributed by atoms with E-state index in [9.17, 15) is 5.11 Å². The highest BCUT2D eigenvalue weighted by molar-refractivity contribution is 6.32. The van der Waals surface area contributed by atoms with Crippen LogP contribution in [-0.2, 0) is 6.54 Å². The molecular formula is C20H25ClNO3+. The van der Waals surface area contributed by atoms with Crippen LogP contribution in [0.2, 0.25) is 5.02 Å². The molecule has 0 bridgehead atoms. The van der Waals surface area contributed by atoms with Gasteiger partial charge in [0, 0.05) is 5.56 Å². The molecule has 0 aliphatic rings. The largest absolute Gasteiger partial charge is 0.493 e. The number of aliphatic hydroxyl groups excluding tert-OH is 1. The lowest BCUT2D eigenvalue weighted by Gasteiger charge is -2.18. The molecule has 0 unspecified atom stereocenters. The van der Waals surface area contributed by atoms with E-state index >= 15 is 0 Å². The van der Waals surface area contributed by atoms with Crippen molar-refractivity contribution in [2.75, 3.05) is 13.7 Å². The van der Waals surface area contributed by atoms with E-state index in [0.29, 0.717) is 29.7 Å². The van der Waals surface area contributed by atoms with Gasteiger partial charge in [0.25, 0.3) is 0 Å². The Morgan fingerprint density at radius 3 is 2.64 bits per heavy atom. The van der Waals surface area contributed by atoms with E-state index in [0.717, 1.165) is 11.1 Å². The van der Waals surface area contributed by atoms with Crippen LogP contribution in [0.4, 0.5) is 0 Å². The molecule has 0 radical (unpaired) electrons. The van der Waals surface area contributed by atoms with Crippen molar-refractivity contribution in [3.63, 3.8) is 0 Å². The summed E-state index contributed by atoms with van der Waals surface area (Å²) in [4.78, 5) is 0. The van der Waals surface area contributed by atoms with E-state index in [4.69, 9.17) is 21.1 Å². The molecule has 0 amide bonds. The molecule has 0 saturated heterocycles. The summed E-state index contributed by atoms with van der Waals surface area (Å²) in [5, 5.41) is 13.0. The van der Waals surface area contributed by atoms with Gasteiger partial charge in [0.05, 0.1) is 12.1 Å². The van der Waals surface area contributed by atoms with Gasteiger partial charge in [-0.15, -0.1) is 0 Å². The van der Waals surface area contributed by atoms with Crippen LogP contribution < -0.4 is 14.8 Å². The molecule has 0 aliphatic carbocycles. The average Bonchev–Trinajstić information content (AvgIpc) is 2.64. The van der Waals surface area contributed by atoms with Crippen LogP contribution in [0.1, 0.15) is 24.2 Å². The van der Waals surface area contributed by atoms with E-state index in [1.54, 1.807) is 13.2 Å². The Morgan fingerprint density at radius 1 is 1.28 bits per heavy atom. The average molecular weight is 363 g/mol. The van der Waals surface area contributed by atoms with Crippen molar-refractivity contribution in [1.82, 2.24) is 0 Å². The van der Waals surface area contributed by atoms with Gasteiger partial charge in [0.15, 0.2) is 11.5 Å². The molecule has 2 aromatic rings. The first-order chi connectivity index (χ1) is 12.1. The number of methoxy groups -OCH3 is 1. The smallest absolute Gasteiger partial charge is 0.180 e. The molecule has 0 heterocycles. The maximum absolute atomic E-state index is 10.5. The third-order valence-electron chi connectivity index (χ3n) is 4.00. The summed E-state index contributed by atoms with van der Waals surface area (Å²) >= 11 is 6.32. The van der Waals surface area contributed by atoms with Crippen molar-refractivity contribution in [3.05, 3.63) is 71.3 Å². The lowest BCUT2D eigenvalue weighted by molar-refractivity contribution is -0.709. The fourth-order valence-corrected chi connectivity index (χ4v) is 2.87. The number of benzene rings is 2. The van der Waals surface area contributed by atoms with Crippen LogP contribution in [-0.4, -0.2) is 24.9 Å². The fraction of sp³-hybridized carbons (Fsp3) is 0.300. The van der Waals surface area contributed by atoms with Crippen molar-refractivity contribution in [2.24, 2.45) is 0 Å². The van der Waals surface area contributed by atoms with Crippen molar-refractivity contribution in [1.29, 1.82) is 0 Å². The Kier molecular flexibility index (Phi) is 7.31. The molecule has 0 aliphatic heterocycles. The van der Waals surface area contributed by atoms with Crippen LogP contribution >= 0.6 is 11.6 Å². The van der Waals surface area contributed by atoms with Gasteiger partial charge in [0.2, 0.25) is 0 Å². The summed E-state index contributed by atoms with van der Waals surface area (Å²) in [5.41, 5.74) is 1.91. The summed E-state index contributed by atoms with van der Waals surface area (Å²) < 4.78 is 10.9. The number of hydrogen-bond donors (Lipinski definition) is 2. The molecule has 5 heteroatoms. The van der Waals surface area contributed by atoms with E-state index in [1.807, 2.05) is 49.4 Å². The lowest BCUT2D eigenvalue weighted by atomic mass is 10.0. The fourth-order valence-electron chi connectivity index (χ4n) is 2.58. The lowest BCUT2D eigenvalue weighted by Crippen LogP contribution is -2.88. The van der Waals surface area contributed by atoms with Gasteiger partial charge < -0.3 is 19.9 Å². The molecule has 0 fully saturated rings. The van der Waals surface area contributed by atoms with Gasteiger partial charge in [0.1, 0.15) is 25.3 Å². The normalized spacial score (nSPS) is 13.1. The van der Waals surface area contributed by atoms with Crippen molar-refractivity contribution in [3.8, 4) is 11.5 Å². The quantitative estimate of drug-likeness (QED) is 0.674. The molecule has 4 nitrogen and oxygen atoms in total. The minimum atomic E-state index is -0.534. The predicted molar refractivity (Wildman–Crippen MR) is 100 cm³/mol. The number of quaternary nitrogens is 1. The standard InChI is InChI=1S/C20H24ClNO3/c1-4-10-25-20-17(21)11-15(12-18(20)24-3)13-22-14(2)19(23)16-8-6-5-7-9-16/h4-9,11-12,14,19,22-23H,1,10,13H2,2-3H3/p+1/t14-,19+/m1/s1.